The van der Waals surface area contributed by atoms with Gasteiger partial charge in [0.1, 0.15) is 9.84 Å². The van der Waals surface area contributed by atoms with Crippen molar-refractivity contribution in [1.29, 1.82) is 0 Å². The van der Waals surface area contributed by atoms with E-state index in [1.54, 1.807) is 0 Å². The maximum absolute atomic E-state index is 11.1. The molecule has 106 valence electrons. The van der Waals surface area contributed by atoms with Gasteiger partial charge in [-0.2, -0.15) is 0 Å². The van der Waals surface area contributed by atoms with Crippen molar-refractivity contribution in [2.24, 2.45) is 5.92 Å². The monoisotopic (exact) mass is 274 g/mol. The van der Waals surface area contributed by atoms with Crippen LogP contribution in [0.15, 0.2) is 0 Å². The zero-order chi connectivity index (χ0) is 13.0. The fourth-order valence-electron chi connectivity index (χ4n) is 2.59. The standard InChI is InChI=1S/C13H26N2O2S/c1-18(16,17)10-2-7-15-8-5-12(6-9-15)11-14-13-3-4-13/h12-14H,2-11H2,1H3. The molecule has 1 saturated carbocycles. The maximum atomic E-state index is 11.1. The molecule has 4 nitrogen and oxygen atoms in total. The number of nitrogens with zero attached hydrogens (tertiary/aromatic N) is 1. The first-order valence-electron chi connectivity index (χ1n) is 7.16. The molecule has 0 radical (unpaired) electrons. The molecule has 2 rings (SSSR count). The van der Waals surface area contributed by atoms with Crippen LogP contribution >= 0.6 is 0 Å². The van der Waals surface area contributed by atoms with Crippen LogP contribution in [0.25, 0.3) is 0 Å². The first kappa shape index (κ1) is 14.3. The van der Waals surface area contributed by atoms with Crippen molar-refractivity contribution in [2.75, 3.05) is 38.2 Å². The quantitative estimate of drug-likeness (QED) is 0.749. The van der Waals surface area contributed by atoms with Crippen molar-refractivity contribution in [3.63, 3.8) is 0 Å². The molecule has 1 heterocycles. The van der Waals surface area contributed by atoms with E-state index in [0.717, 1.165) is 38.0 Å². The molecule has 1 N–H and O–H groups in total. The minimum Gasteiger partial charge on any atom is -0.314 e. The zero-order valence-corrected chi connectivity index (χ0v) is 12.2. The third-order valence-electron chi connectivity index (χ3n) is 3.97. The Labute approximate surface area is 111 Å². The second kappa shape index (κ2) is 6.35. The van der Waals surface area contributed by atoms with E-state index in [-0.39, 0.29) is 0 Å². The van der Waals surface area contributed by atoms with Crippen molar-refractivity contribution in [2.45, 2.75) is 38.1 Å². The van der Waals surface area contributed by atoms with E-state index >= 15 is 0 Å². The molecular weight excluding hydrogens is 248 g/mol. The smallest absolute Gasteiger partial charge is 0.147 e. The van der Waals surface area contributed by atoms with Gasteiger partial charge < -0.3 is 10.2 Å². The van der Waals surface area contributed by atoms with E-state index in [9.17, 15) is 8.42 Å². The van der Waals surface area contributed by atoms with Crippen LogP contribution in [-0.4, -0.2) is 57.5 Å². The predicted molar refractivity (Wildman–Crippen MR) is 74.5 cm³/mol. The SMILES string of the molecule is CS(=O)(=O)CCCN1CCC(CNC2CC2)CC1. The summed E-state index contributed by atoms with van der Waals surface area (Å²) < 4.78 is 22.1. The molecule has 5 heteroatoms. The number of hydrogen-bond acceptors (Lipinski definition) is 4. The average Bonchev–Trinajstić information content (AvgIpc) is 3.10. The average molecular weight is 274 g/mol. The lowest BCUT2D eigenvalue weighted by molar-refractivity contribution is 0.182. The molecule has 18 heavy (non-hydrogen) atoms. The van der Waals surface area contributed by atoms with E-state index in [1.807, 2.05) is 0 Å². The second-order valence-electron chi connectivity index (χ2n) is 5.95. The molecule has 0 aromatic carbocycles. The first-order valence-corrected chi connectivity index (χ1v) is 9.22. The number of hydrogen-bond donors (Lipinski definition) is 1. The van der Waals surface area contributed by atoms with E-state index in [2.05, 4.69) is 10.2 Å². The summed E-state index contributed by atoms with van der Waals surface area (Å²) in [5.41, 5.74) is 0. The van der Waals surface area contributed by atoms with Gasteiger partial charge in [-0.25, -0.2) is 8.42 Å². The van der Waals surface area contributed by atoms with E-state index in [4.69, 9.17) is 0 Å². The summed E-state index contributed by atoms with van der Waals surface area (Å²) in [4.78, 5) is 2.42. The number of likely N-dealkylation sites (tertiary alicyclic amines) is 1. The molecular formula is C13H26N2O2S. The van der Waals surface area contributed by atoms with Crippen LogP contribution in [0.1, 0.15) is 32.1 Å². The van der Waals surface area contributed by atoms with Gasteiger partial charge in [0.05, 0.1) is 5.75 Å². The molecule has 0 amide bonds. The Morgan fingerprint density at radius 1 is 1.17 bits per heavy atom. The minimum atomic E-state index is -2.78. The van der Waals surface area contributed by atoms with E-state index in [1.165, 1.54) is 38.5 Å². The lowest BCUT2D eigenvalue weighted by Gasteiger charge is -2.32. The maximum Gasteiger partial charge on any atom is 0.147 e. The van der Waals surface area contributed by atoms with E-state index < -0.39 is 9.84 Å². The third-order valence-corrected chi connectivity index (χ3v) is 5.00. The van der Waals surface area contributed by atoms with Crippen LogP contribution in [0.5, 0.6) is 0 Å². The zero-order valence-electron chi connectivity index (χ0n) is 11.4. The van der Waals surface area contributed by atoms with Gasteiger partial charge in [0.25, 0.3) is 0 Å². The summed E-state index contributed by atoms with van der Waals surface area (Å²) in [6.45, 7) is 4.40. The molecule has 0 bridgehead atoms. The van der Waals surface area contributed by atoms with Crippen molar-refractivity contribution in [3.05, 3.63) is 0 Å². The number of nitrogens with one attached hydrogen (secondary N) is 1. The minimum absolute atomic E-state index is 0.330. The summed E-state index contributed by atoms with van der Waals surface area (Å²) in [5, 5.41) is 3.61. The van der Waals surface area contributed by atoms with Gasteiger partial charge in [-0.15, -0.1) is 0 Å². The Morgan fingerprint density at radius 3 is 2.39 bits per heavy atom. The lowest BCUT2D eigenvalue weighted by Crippen LogP contribution is -2.38. The molecule has 1 aliphatic carbocycles. The Bertz CT molecular complexity index is 344. The van der Waals surface area contributed by atoms with Gasteiger partial charge >= 0.3 is 0 Å². The Hall–Kier alpha value is -0.130. The molecule has 1 aliphatic heterocycles. The van der Waals surface area contributed by atoms with Crippen molar-refractivity contribution in [1.82, 2.24) is 10.2 Å². The molecule has 2 aliphatic rings. The highest BCUT2D eigenvalue weighted by Crippen LogP contribution is 2.21. The van der Waals surface area contributed by atoms with E-state index in [0.29, 0.717) is 5.75 Å². The molecule has 0 unspecified atom stereocenters. The Kier molecular flexibility index (Phi) is 5.04. The van der Waals surface area contributed by atoms with Crippen LogP contribution in [-0.2, 0) is 9.84 Å². The summed E-state index contributed by atoms with van der Waals surface area (Å²) in [5.74, 6) is 1.16. The Morgan fingerprint density at radius 2 is 1.83 bits per heavy atom. The highest BCUT2D eigenvalue weighted by molar-refractivity contribution is 7.90. The first-order chi connectivity index (χ1) is 8.53. The van der Waals surface area contributed by atoms with Crippen molar-refractivity contribution < 1.29 is 8.42 Å². The summed E-state index contributed by atoms with van der Waals surface area (Å²) in [6.07, 6.45) is 7.36. The largest absolute Gasteiger partial charge is 0.314 e. The summed E-state index contributed by atoms with van der Waals surface area (Å²) >= 11 is 0. The topological polar surface area (TPSA) is 49.4 Å². The van der Waals surface area contributed by atoms with Gasteiger partial charge in [0.2, 0.25) is 0 Å². The van der Waals surface area contributed by atoms with Gasteiger partial charge in [-0.1, -0.05) is 0 Å². The van der Waals surface area contributed by atoms with Crippen molar-refractivity contribution in [3.8, 4) is 0 Å². The number of piperidine rings is 1. The highest BCUT2D eigenvalue weighted by atomic mass is 32.2. The summed E-state index contributed by atoms with van der Waals surface area (Å²) in [6, 6.07) is 0.817. The number of rotatable bonds is 7. The lowest BCUT2D eigenvalue weighted by atomic mass is 9.96. The van der Waals surface area contributed by atoms with Gasteiger partial charge in [-0.05, 0) is 64.2 Å². The van der Waals surface area contributed by atoms with Crippen LogP contribution in [0.2, 0.25) is 0 Å². The fraction of sp³-hybridized carbons (Fsp3) is 1.00. The molecule has 0 aromatic rings. The Balaban J connectivity index is 1.55. The van der Waals surface area contributed by atoms with Crippen LogP contribution in [0, 0.1) is 5.92 Å². The molecule has 1 saturated heterocycles. The highest BCUT2D eigenvalue weighted by Gasteiger charge is 2.24. The fourth-order valence-corrected chi connectivity index (χ4v) is 3.24. The summed E-state index contributed by atoms with van der Waals surface area (Å²) in [7, 11) is -2.78. The van der Waals surface area contributed by atoms with Crippen LogP contribution < -0.4 is 5.32 Å². The normalized spacial score (nSPS) is 23.4. The van der Waals surface area contributed by atoms with Gasteiger partial charge in [0, 0.05) is 12.3 Å². The predicted octanol–water partition coefficient (Wildman–Crippen LogP) is 0.885. The molecule has 2 fully saturated rings. The van der Waals surface area contributed by atoms with Crippen LogP contribution in [0.4, 0.5) is 0 Å². The van der Waals surface area contributed by atoms with Gasteiger partial charge in [-0.3, -0.25) is 0 Å². The van der Waals surface area contributed by atoms with Crippen molar-refractivity contribution >= 4 is 9.84 Å². The molecule has 0 aromatic heterocycles. The third kappa shape index (κ3) is 5.67. The second-order valence-corrected chi connectivity index (χ2v) is 8.21. The van der Waals surface area contributed by atoms with Crippen LogP contribution in [0.3, 0.4) is 0 Å². The molecule has 0 spiro atoms. The van der Waals surface area contributed by atoms with Gasteiger partial charge in [0.15, 0.2) is 0 Å². The number of sulfone groups is 1. The molecule has 0 atom stereocenters.